The van der Waals surface area contributed by atoms with Crippen LogP contribution in [0, 0.1) is 24.1 Å². The molecule has 11 heteroatoms. The van der Waals surface area contributed by atoms with E-state index in [1.807, 2.05) is 0 Å². The lowest BCUT2D eigenvalue weighted by atomic mass is 10.2. The minimum atomic E-state index is -3.82. The van der Waals surface area contributed by atoms with Crippen LogP contribution in [0.15, 0.2) is 75.6 Å². The van der Waals surface area contributed by atoms with E-state index in [0.717, 1.165) is 5.56 Å². The molecule has 2 heterocycles. The Kier molecular flexibility index (Phi) is 6.21. The Bertz CT molecular complexity index is 1450. The zero-order chi connectivity index (χ0) is 23.4. The van der Waals surface area contributed by atoms with E-state index < -0.39 is 10.0 Å². The third-order valence-corrected chi connectivity index (χ3v) is 6.66. The van der Waals surface area contributed by atoms with Gasteiger partial charge in [-0.15, -0.1) is 11.3 Å². The summed E-state index contributed by atoms with van der Waals surface area (Å²) in [5, 5.41) is 18.4. The van der Waals surface area contributed by atoms with Crippen molar-refractivity contribution >= 4 is 38.4 Å². The first-order valence-corrected chi connectivity index (χ1v) is 11.9. The van der Waals surface area contributed by atoms with Gasteiger partial charge in [0.1, 0.15) is 28.2 Å². The van der Waals surface area contributed by atoms with E-state index in [0.29, 0.717) is 27.7 Å². The first kappa shape index (κ1) is 22.2. The van der Waals surface area contributed by atoms with Gasteiger partial charge in [0.2, 0.25) is 0 Å². The number of hydrogen-bond acceptors (Lipinski definition) is 8. The highest BCUT2D eigenvalue weighted by molar-refractivity contribution is 7.92. The topological polar surface area (TPSA) is 121 Å². The Labute approximate surface area is 193 Å². The number of benzene rings is 2. The zero-order valence-corrected chi connectivity index (χ0v) is 18.7. The molecule has 0 unspecified atom stereocenters. The lowest BCUT2D eigenvalue weighted by Crippen LogP contribution is -2.13. The molecule has 0 saturated carbocycles. The van der Waals surface area contributed by atoms with Gasteiger partial charge < -0.3 is 9.84 Å². The van der Waals surface area contributed by atoms with E-state index in [1.54, 1.807) is 36.6 Å². The predicted octanol–water partition coefficient (Wildman–Crippen LogP) is 5.02. The molecule has 2 aromatic carbocycles. The van der Waals surface area contributed by atoms with Gasteiger partial charge in [0, 0.05) is 28.9 Å². The molecule has 0 fully saturated rings. The van der Waals surface area contributed by atoms with E-state index in [1.165, 1.54) is 47.9 Å². The Morgan fingerprint density at radius 3 is 2.55 bits per heavy atom. The number of hydrogen-bond donors (Lipinski definition) is 2. The summed E-state index contributed by atoms with van der Waals surface area (Å²) in [6.45, 7) is 1.66. The van der Waals surface area contributed by atoms with Gasteiger partial charge in [-0.25, -0.2) is 17.8 Å². The van der Waals surface area contributed by atoms with E-state index in [4.69, 9.17) is 4.52 Å². The summed E-state index contributed by atoms with van der Waals surface area (Å²) in [5.74, 6) is 0.246. The molecular formula is C22H16FN5O3S2. The molecular weight excluding hydrogens is 465 g/mol. The first-order valence-electron chi connectivity index (χ1n) is 9.49. The number of nitriles is 1. The van der Waals surface area contributed by atoms with Crippen molar-refractivity contribution in [1.82, 2.24) is 10.1 Å². The number of sulfonamides is 1. The van der Waals surface area contributed by atoms with Gasteiger partial charge in [0.15, 0.2) is 5.82 Å². The highest BCUT2D eigenvalue weighted by Gasteiger charge is 2.16. The normalized spacial score (nSPS) is 11.7. The van der Waals surface area contributed by atoms with Crippen molar-refractivity contribution in [3.63, 3.8) is 0 Å². The summed E-state index contributed by atoms with van der Waals surface area (Å²) in [7, 11) is -3.82. The number of anilines is 2. The molecule has 0 aliphatic heterocycles. The van der Waals surface area contributed by atoms with Crippen LogP contribution in [-0.2, 0) is 10.0 Å². The zero-order valence-electron chi connectivity index (χ0n) is 17.1. The highest BCUT2D eigenvalue weighted by Crippen LogP contribution is 2.26. The van der Waals surface area contributed by atoms with Crippen molar-refractivity contribution in [2.75, 3.05) is 10.0 Å². The fourth-order valence-corrected chi connectivity index (χ4v) is 4.57. The van der Waals surface area contributed by atoms with Crippen LogP contribution < -0.4 is 10.0 Å². The Morgan fingerprint density at radius 1 is 1.18 bits per heavy atom. The minimum absolute atomic E-state index is 0.0436. The first-order chi connectivity index (χ1) is 15.8. The van der Waals surface area contributed by atoms with Crippen molar-refractivity contribution in [2.24, 2.45) is 0 Å². The summed E-state index contributed by atoms with van der Waals surface area (Å²) in [6, 6.07) is 15.5. The van der Waals surface area contributed by atoms with Gasteiger partial charge in [-0.2, -0.15) is 5.26 Å². The average Bonchev–Trinajstić information content (AvgIpc) is 3.44. The lowest BCUT2D eigenvalue weighted by molar-refractivity contribution is 0.400. The van der Waals surface area contributed by atoms with E-state index in [2.05, 4.69) is 26.2 Å². The molecule has 0 radical (unpaired) electrons. The third kappa shape index (κ3) is 5.25. The molecule has 4 rings (SSSR count). The van der Waals surface area contributed by atoms with Crippen LogP contribution in [0.5, 0.6) is 0 Å². The molecule has 0 saturated heterocycles. The summed E-state index contributed by atoms with van der Waals surface area (Å²) in [4.78, 5) is 4.49. The van der Waals surface area contributed by atoms with Crippen molar-refractivity contribution < 1.29 is 17.3 Å². The third-order valence-electron chi connectivity index (χ3n) is 4.41. The number of aromatic nitrogens is 2. The molecule has 0 spiro atoms. The predicted molar refractivity (Wildman–Crippen MR) is 123 cm³/mol. The molecule has 4 aromatic rings. The van der Waals surface area contributed by atoms with Gasteiger partial charge >= 0.3 is 0 Å². The van der Waals surface area contributed by atoms with Crippen LogP contribution in [0.25, 0.3) is 16.8 Å². The number of thiazole rings is 1. The number of aryl methyl sites for hydroxylation is 1. The van der Waals surface area contributed by atoms with Gasteiger partial charge in [0.25, 0.3) is 10.0 Å². The quantitative estimate of drug-likeness (QED) is 0.355. The van der Waals surface area contributed by atoms with Gasteiger partial charge in [-0.1, -0.05) is 5.16 Å². The minimum Gasteiger partial charge on any atom is -0.360 e. The van der Waals surface area contributed by atoms with Crippen molar-refractivity contribution in [1.29, 1.82) is 5.26 Å². The van der Waals surface area contributed by atoms with Gasteiger partial charge in [-0.05, 0) is 55.5 Å². The highest BCUT2D eigenvalue weighted by atomic mass is 32.2. The smallest absolute Gasteiger partial charge is 0.263 e. The summed E-state index contributed by atoms with van der Waals surface area (Å²) in [5.41, 5.74) is 2.26. The van der Waals surface area contributed by atoms with E-state index in [-0.39, 0.29) is 16.5 Å². The lowest BCUT2D eigenvalue weighted by Gasteiger charge is -2.06. The Morgan fingerprint density at radius 2 is 1.91 bits per heavy atom. The second kappa shape index (κ2) is 9.23. The number of nitrogens with one attached hydrogen (secondary N) is 2. The summed E-state index contributed by atoms with van der Waals surface area (Å²) < 4.78 is 45.2. The van der Waals surface area contributed by atoms with Gasteiger partial charge in [0.05, 0.1) is 10.6 Å². The van der Waals surface area contributed by atoms with E-state index >= 15 is 0 Å². The molecule has 33 heavy (non-hydrogen) atoms. The van der Waals surface area contributed by atoms with Gasteiger partial charge in [-0.3, -0.25) is 4.72 Å². The monoisotopic (exact) mass is 481 g/mol. The van der Waals surface area contributed by atoms with Crippen LogP contribution in [0.2, 0.25) is 0 Å². The number of nitrogens with zero attached hydrogens (tertiary/aromatic N) is 3. The van der Waals surface area contributed by atoms with Crippen LogP contribution in [0.1, 0.15) is 10.8 Å². The molecule has 0 aliphatic carbocycles. The van der Waals surface area contributed by atoms with Crippen LogP contribution >= 0.6 is 11.3 Å². The standard InChI is InChI=1S/C22H16FN5O3S2/c1-14-10-21(27-31-14)28-33(29,30)19-8-6-18(7-9-19)25-12-16(11-24)22-26-20(13-32-22)15-2-4-17(23)5-3-15/h2-10,12-13,25H,1H3,(H,27,28). The molecule has 0 aliphatic rings. The second-order valence-corrected chi connectivity index (χ2v) is 9.35. The average molecular weight is 482 g/mol. The van der Waals surface area contributed by atoms with Crippen molar-refractivity contribution in [3.8, 4) is 17.3 Å². The molecule has 8 nitrogen and oxygen atoms in total. The van der Waals surface area contributed by atoms with Crippen LogP contribution in [0.3, 0.4) is 0 Å². The largest absolute Gasteiger partial charge is 0.360 e. The van der Waals surface area contributed by atoms with E-state index in [9.17, 15) is 18.1 Å². The number of allylic oxidation sites excluding steroid dienone is 1. The number of halogens is 1. The van der Waals surface area contributed by atoms with Crippen LogP contribution in [-0.4, -0.2) is 18.6 Å². The second-order valence-electron chi connectivity index (χ2n) is 6.81. The maximum atomic E-state index is 13.1. The fourth-order valence-electron chi connectivity index (χ4n) is 2.79. The molecule has 0 amide bonds. The maximum Gasteiger partial charge on any atom is 0.263 e. The van der Waals surface area contributed by atoms with Crippen molar-refractivity contribution in [2.45, 2.75) is 11.8 Å². The number of rotatable bonds is 7. The molecule has 2 N–H and O–H groups in total. The summed E-state index contributed by atoms with van der Waals surface area (Å²) in [6.07, 6.45) is 1.49. The molecule has 0 atom stereocenters. The maximum absolute atomic E-state index is 13.1. The SMILES string of the molecule is Cc1cc(NS(=O)(=O)c2ccc(NC=C(C#N)c3nc(-c4ccc(F)cc4)cs3)cc2)no1. The Balaban J connectivity index is 1.47. The molecule has 0 bridgehead atoms. The summed E-state index contributed by atoms with van der Waals surface area (Å²) >= 11 is 1.29. The fraction of sp³-hybridized carbons (Fsp3) is 0.0455. The van der Waals surface area contributed by atoms with Crippen molar-refractivity contribution in [3.05, 3.63) is 82.8 Å². The molecule has 166 valence electrons. The molecule has 2 aromatic heterocycles. The van der Waals surface area contributed by atoms with Crippen LogP contribution in [0.4, 0.5) is 15.9 Å². The Hall–Kier alpha value is -4.01.